The predicted molar refractivity (Wildman–Crippen MR) is 89.7 cm³/mol. The van der Waals surface area contributed by atoms with Crippen molar-refractivity contribution in [3.8, 4) is 11.5 Å². The second-order valence-corrected chi connectivity index (χ2v) is 6.07. The highest BCUT2D eigenvalue weighted by atomic mass is 16.3. The maximum Gasteiger partial charge on any atom is 0.165 e. The van der Waals surface area contributed by atoms with Crippen molar-refractivity contribution in [1.29, 1.82) is 0 Å². The third-order valence-electron chi connectivity index (χ3n) is 4.92. The molecule has 0 aliphatic heterocycles. The van der Waals surface area contributed by atoms with Crippen LogP contribution in [0.1, 0.15) is 11.1 Å². The molecule has 0 aromatic heterocycles. The van der Waals surface area contributed by atoms with Crippen LogP contribution in [-0.4, -0.2) is 10.2 Å². The lowest BCUT2D eigenvalue weighted by Gasteiger charge is -2.11. The van der Waals surface area contributed by atoms with E-state index in [0.717, 1.165) is 23.6 Å². The summed E-state index contributed by atoms with van der Waals surface area (Å²) in [7, 11) is 0. The smallest absolute Gasteiger partial charge is 0.165 e. The fourth-order valence-electron chi connectivity index (χ4n) is 3.94. The molecule has 0 heterocycles. The second-order valence-electron chi connectivity index (χ2n) is 6.07. The molecule has 2 nitrogen and oxygen atoms in total. The molecule has 1 aliphatic rings. The van der Waals surface area contributed by atoms with Gasteiger partial charge >= 0.3 is 0 Å². The summed E-state index contributed by atoms with van der Waals surface area (Å²) in [5.74, 6) is -0.111. The Morgan fingerprint density at radius 1 is 0.682 bits per heavy atom. The Morgan fingerprint density at radius 3 is 2.41 bits per heavy atom. The second kappa shape index (κ2) is 3.92. The molecular weight excluding hydrogens is 272 g/mol. The van der Waals surface area contributed by atoms with Gasteiger partial charge in [0.05, 0.1) is 0 Å². The SMILES string of the molecule is Oc1ccc2c(ccc3cc4c5c(cccc5c32)CC4)c1O. The maximum atomic E-state index is 10.2. The van der Waals surface area contributed by atoms with Crippen LogP contribution < -0.4 is 0 Å². The normalized spacial score (nSPS) is 13.5. The Kier molecular flexibility index (Phi) is 2.11. The number of rotatable bonds is 0. The first-order valence-electron chi connectivity index (χ1n) is 7.55. The zero-order chi connectivity index (χ0) is 14.8. The average Bonchev–Trinajstić information content (AvgIpc) is 2.95. The van der Waals surface area contributed by atoms with E-state index < -0.39 is 0 Å². The first-order chi connectivity index (χ1) is 10.7. The molecule has 0 fully saturated rings. The van der Waals surface area contributed by atoms with Crippen molar-refractivity contribution < 1.29 is 10.2 Å². The molecule has 22 heavy (non-hydrogen) atoms. The number of phenolic OH excluding ortho intramolecular Hbond substituents is 2. The van der Waals surface area contributed by atoms with Gasteiger partial charge in [0.25, 0.3) is 0 Å². The van der Waals surface area contributed by atoms with Crippen molar-refractivity contribution in [2.75, 3.05) is 0 Å². The Bertz CT molecular complexity index is 1090. The van der Waals surface area contributed by atoms with Crippen LogP contribution in [0.2, 0.25) is 0 Å². The lowest BCUT2D eigenvalue weighted by molar-refractivity contribution is 0.408. The molecule has 0 bridgehead atoms. The summed E-state index contributed by atoms with van der Waals surface area (Å²) in [5, 5.41) is 26.6. The van der Waals surface area contributed by atoms with Gasteiger partial charge in [-0.05, 0) is 69.1 Å². The van der Waals surface area contributed by atoms with Gasteiger partial charge < -0.3 is 10.2 Å². The molecule has 0 unspecified atom stereocenters. The van der Waals surface area contributed by atoms with Crippen LogP contribution in [0.4, 0.5) is 0 Å². The quantitative estimate of drug-likeness (QED) is 0.365. The minimum Gasteiger partial charge on any atom is -0.504 e. The van der Waals surface area contributed by atoms with Crippen LogP contribution in [0.5, 0.6) is 11.5 Å². The highest BCUT2D eigenvalue weighted by Crippen LogP contribution is 2.42. The van der Waals surface area contributed by atoms with E-state index in [1.807, 2.05) is 18.2 Å². The fourth-order valence-corrected chi connectivity index (χ4v) is 3.94. The van der Waals surface area contributed by atoms with Crippen LogP contribution in [0.25, 0.3) is 32.3 Å². The van der Waals surface area contributed by atoms with E-state index in [9.17, 15) is 10.2 Å². The van der Waals surface area contributed by atoms with Crippen LogP contribution >= 0.6 is 0 Å². The topological polar surface area (TPSA) is 40.5 Å². The van der Waals surface area contributed by atoms with Crippen molar-refractivity contribution in [3.63, 3.8) is 0 Å². The molecule has 4 aromatic carbocycles. The van der Waals surface area contributed by atoms with Gasteiger partial charge in [0, 0.05) is 5.39 Å². The van der Waals surface area contributed by atoms with Crippen molar-refractivity contribution >= 4 is 32.3 Å². The molecule has 0 atom stereocenters. The monoisotopic (exact) mass is 286 g/mol. The lowest BCUT2D eigenvalue weighted by Crippen LogP contribution is -1.85. The molecule has 0 radical (unpaired) electrons. The van der Waals surface area contributed by atoms with Crippen molar-refractivity contribution in [3.05, 3.63) is 59.7 Å². The minimum atomic E-state index is -0.0715. The van der Waals surface area contributed by atoms with E-state index >= 15 is 0 Å². The third-order valence-corrected chi connectivity index (χ3v) is 4.92. The number of fused-ring (bicyclic) bond motifs is 4. The average molecular weight is 286 g/mol. The van der Waals surface area contributed by atoms with E-state index in [1.165, 1.54) is 27.3 Å². The first-order valence-corrected chi connectivity index (χ1v) is 7.55. The Morgan fingerprint density at radius 2 is 1.50 bits per heavy atom. The van der Waals surface area contributed by atoms with Gasteiger partial charge in [0.2, 0.25) is 0 Å². The fraction of sp³-hybridized carbons (Fsp3) is 0.100. The van der Waals surface area contributed by atoms with Gasteiger partial charge in [-0.3, -0.25) is 0 Å². The number of hydrogen-bond acceptors (Lipinski definition) is 2. The number of phenols is 2. The highest BCUT2D eigenvalue weighted by Gasteiger charge is 2.18. The highest BCUT2D eigenvalue weighted by molar-refractivity contribution is 6.22. The molecule has 5 rings (SSSR count). The van der Waals surface area contributed by atoms with Gasteiger partial charge in [-0.15, -0.1) is 0 Å². The molecule has 4 aromatic rings. The summed E-state index contributed by atoms with van der Waals surface area (Å²) in [6, 6.07) is 16.2. The van der Waals surface area contributed by atoms with Gasteiger partial charge in [-0.25, -0.2) is 0 Å². The summed E-state index contributed by atoms with van der Waals surface area (Å²) in [5.41, 5.74) is 2.83. The van der Waals surface area contributed by atoms with Crippen molar-refractivity contribution in [1.82, 2.24) is 0 Å². The molecule has 0 amide bonds. The van der Waals surface area contributed by atoms with Crippen LogP contribution in [0, 0.1) is 0 Å². The molecule has 2 heteroatoms. The van der Waals surface area contributed by atoms with Crippen LogP contribution in [0.3, 0.4) is 0 Å². The number of hydrogen-bond donors (Lipinski definition) is 2. The number of aryl methyl sites for hydroxylation is 2. The summed E-state index contributed by atoms with van der Waals surface area (Å²) in [6.45, 7) is 0. The number of benzene rings is 4. The van der Waals surface area contributed by atoms with Crippen LogP contribution in [0.15, 0.2) is 48.5 Å². The van der Waals surface area contributed by atoms with Gasteiger partial charge in [-0.1, -0.05) is 30.3 Å². The summed E-state index contributed by atoms with van der Waals surface area (Å²) < 4.78 is 0. The van der Waals surface area contributed by atoms with E-state index in [-0.39, 0.29) is 11.5 Å². The van der Waals surface area contributed by atoms with Gasteiger partial charge in [0.1, 0.15) is 0 Å². The molecule has 2 N–H and O–H groups in total. The molecule has 0 saturated carbocycles. The molecular formula is C20H14O2. The first kappa shape index (κ1) is 11.9. The van der Waals surface area contributed by atoms with Gasteiger partial charge in [0.15, 0.2) is 11.5 Å². The lowest BCUT2D eigenvalue weighted by atomic mass is 9.93. The Labute approximate surface area is 127 Å². The molecule has 1 aliphatic carbocycles. The summed E-state index contributed by atoms with van der Waals surface area (Å²) in [4.78, 5) is 0. The Balaban J connectivity index is 2.11. The largest absolute Gasteiger partial charge is 0.504 e. The van der Waals surface area contributed by atoms with Crippen molar-refractivity contribution in [2.24, 2.45) is 0 Å². The minimum absolute atomic E-state index is 0.0392. The maximum absolute atomic E-state index is 10.2. The van der Waals surface area contributed by atoms with E-state index in [0.29, 0.717) is 5.39 Å². The van der Waals surface area contributed by atoms with E-state index in [4.69, 9.17) is 0 Å². The van der Waals surface area contributed by atoms with Crippen molar-refractivity contribution in [2.45, 2.75) is 12.8 Å². The summed E-state index contributed by atoms with van der Waals surface area (Å²) in [6.07, 6.45) is 2.21. The van der Waals surface area contributed by atoms with E-state index in [1.54, 1.807) is 6.07 Å². The zero-order valence-corrected chi connectivity index (χ0v) is 11.9. The molecule has 0 spiro atoms. The molecule has 106 valence electrons. The standard InChI is InChI=1S/C20H14O2/c21-17-9-8-14-15(20(17)22)7-6-13-10-12-5-4-11-2-1-3-16(18(11)12)19(13)14/h1-3,6-10,21-22H,4-5H2. The Hall–Kier alpha value is -2.74. The zero-order valence-electron chi connectivity index (χ0n) is 11.9. The predicted octanol–water partition coefficient (Wildman–Crippen LogP) is 4.66. The third kappa shape index (κ3) is 1.34. The van der Waals surface area contributed by atoms with Crippen LogP contribution in [-0.2, 0) is 12.8 Å². The summed E-state index contributed by atoms with van der Waals surface area (Å²) >= 11 is 0. The number of aromatic hydroxyl groups is 2. The van der Waals surface area contributed by atoms with E-state index in [2.05, 4.69) is 24.3 Å². The molecule has 0 saturated heterocycles. The van der Waals surface area contributed by atoms with Gasteiger partial charge in [-0.2, -0.15) is 0 Å².